The van der Waals surface area contributed by atoms with Crippen LogP contribution in [-0.4, -0.2) is 12.5 Å². The summed E-state index contributed by atoms with van der Waals surface area (Å²) in [6.07, 6.45) is 0.471. The Kier molecular flexibility index (Phi) is 5.80. The van der Waals surface area contributed by atoms with Crippen molar-refractivity contribution in [2.75, 3.05) is 11.9 Å². The summed E-state index contributed by atoms with van der Waals surface area (Å²) in [7, 11) is 0. The van der Waals surface area contributed by atoms with E-state index < -0.39 is 0 Å². The Labute approximate surface area is 139 Å². The molecule has 3 heteroatoms. The van der Waals surface area contributed by atoms with E-state index in [4.69, 9.17) is 0 Å². The molecule has 0 fully saturated rings. The SMILES string of the molecule is Cc1cccc(CNC(=O)CCNc2c(C)cc(C)cc2C)c1. The van der Waals surface area contributed by atoms with E-state index in [0.29, 0.717) is 19.5 Å². The van der Waals surface area contributed by atoms with Gasteiger partial charge in [0.05, 0.1) is 0 Å². The molecule has 0 radical (unpaired) electrons. The van der Waals surface area contributed by atoms with Crippen molar-refractivity contribution in [3.8, 4) is 0 Å². The Balaban J connectivity index is 1.79. The molecule has 0 bridgehead atoms. The molecular weight excluding hydrogens is 284 g/mol. The van der Waals surface area contributed by atoms with Crippen molar-refractivity contribution in [2.45, 2.75) is 40.7 Å². The lowest BCUT2D eigenvalue weighted by atomic mass is 10.1. The predicted molar refractivity (Wildman–Crippen MR) is 96.8 cm³/mol. The van der Waals surface area contributed by atoms with E-state index in [9.17, 15) is 4.79 Å². The highest BCUT2D eigenvalue weighted by Gasteiger charge is 2.05. The monoisotopic (exact) mass is 310 g/mol. The lowest BCUT2D eigenvalue weighted by Gasteiger charge is -2.14. The fourth-order valence-electron chi connectivity index (χ4n) is 2.87. The van der Waals surface area contributed by atoms with Crippen LogP contribution in [0.1, 0.15) is 34.2 Å². The van der Waals surface area contributed by atoms with E-state index in [0.717, 1.165) is 11.3 Å². The quantitative estimate of drug-likeness (QED) is 0.845. The molecule has 0 unspecified atom stereocenters. The summed E-state index contributed by atoms with van der Waals surface area (Å²) >= 11 is 0. The normalized spacial score (nSPS) is 10.4. The molecule has 0 aromatic heterocycles. The first-order chi connectivity index (χ1) is 11.0. The number of hydrogen-bond acceptors (Lipinski definition) is 2. The average Bonchev–Trinajstić information content (AvgIpc) is 2.48. The van der Waals surface area contributed by atoms with Crippen LogP contribution in [0.15, 0.2) is 36.4 Å². The maximum absolute atomic E-state index is 12.0. The molecule has 0 heterocycles. The highest BCUT2D eigenvalue weighted by atomic mass is 16.1. The molecule has 0 spiro atoms. The van der Waals surface area contributed by atoms with Crippen LogP contribution in [-0.2, 0) is 11.3 Å². The Morgan fingerprint density at radius 1 is 0.957 bits per heavy atom. The Bertz CT molecular complexity index is 669. The minimum Gasteiger partial charge on any atom is -0.384 e. The first-order valence-electron chi connectivity index (χ1n) is 8.09. The molecule has 1 amide bonds. The minimum atomic E-state index is 0.0708. The molecule has 2 N–H and O–H groups in total. The summed E-state index contributed by atoms with van der Waals surface area (Å²) in [4.78, 5) is 12.0. The lowest BCUT2D eigenvalue weighted by molar-refractivity contribution is -0.121. The summed E-state index contributed by atoms with van der Waals surface area (Å²) in [6.45, 7) is 9.58. The number of anilines is 1. The molecule has 2 aromatic rings. The van der Waals surface area contributed by atoms with Gasteiger partial charge in [0, 0.05) is 25.2 Å². The van der Waals surface area contributed by atoms with Crippen molar-refractivity contribution >= 4 is 11.6 Å². The van der Waals surface area contributed by atoms with Gasteiger partial charge in [-0.25, -0.2) is 0 Å². The third-order valence-electron chi connectivity index (χ3n) is 3.90. The molecular formula is C20H26N2O. The highest BCUT2D eigenvalue weighted by molar-refractivity contribution is 5.76. The molecule has 3 nitrogen and oxygen atoms in total. The Hall–Kier alpha value is -2.29. The van der Waals surface area contributed by atoms with Crippen molar-refractivity contribution in [2.24, 2.45) is 0 Å². The van der Waals surface area contributed by atoms with Crippen LogP contribution >= 0.6 is 0 Å². The van der Waals surface area contributed by atoms with Gasteiger partial charge in [0.15, 0.2) is 0 Å². The maximum Gasteiger partial charge on any atom is 0.222 e. The van der Waals surface area contributed by atoms with Gasteiger partial charge in [0.25, 0.3) is 0 Å². The predicted octanol–water partition coefficient (Wildman–Crippen LogP) is 4.04. The van der Waals surface area contributed by atoms with Gasteiger partial charge in [-0.1, -0.05) is 47.5 Å². The Morgan fingerprint density at radius 2 is 1.65 bits per heavy atom. The van der Waals surface area contributed by atoms with Crippen molar-refractivity contribution in [1.82, 2.24) is 5.32 Å². The number of nitrogens with one attached hydrogen (secondary N) is 2. The number of hydrogen-bond donors (Lipinski definition) is 2. The van der Waals surface area contributed by atoms with Crippen molar-refractivity contribution in [1.29, 1.82) is 0 Å². The van der Waals surface area contributed by atoms with Gasteiger partial charge >= 0.3 is 0 Å². The molecule has 2 rings (SSSR count). The van der Waals surface area contributed by atoms with Crippen LogP contribution in [0.5, 0.6) is 0 Å². The molecule has 23 heavy (non-hydrogen) atoms. The largest absolute Gasteiger partial charge is 0.384 e. The van der Waals surface area contributed by atoms with E-state index in [-0.39, 0.29) is 5.91 Å². The summed E-state index contributed by atoms with van der Waals surface area (Å²) in [5.74, 6) is 0.0708. The van der Waals surface area contributed by atoms with Gasteiger partial charge in [0.2, 0.25) is 5.91 Å². The van der Waals surface area contributed by atoms with Crippen molar-refractivity contribution < 1.29 is 4.79 Å². The minimum absolute atomic E-state index is 0.0708. The van der Waals surface area contributed by atoms with Crippen LogP contribution in [0.25, 0.3) is 0 Å². The fourth-order valence-corrected chi connectivity index (χ4v) is 2.87. The van der Waals surface area contributed by atoms with E-state index >= 15 is 0 Å². The summed E-state index contributed by atoms with van der Waals surface area (Å²) in [5.41, 5.74) is 7.20. The molecule has 0 saturated heterocycles. The zero-order chi connectivity index (χ0) is 16.8. The average molecular weight is 310 g/mol. The second kappa shape index (κ2) is 7.82. The third kappa shape index (κ3) is 5.13. The molecule has 2 aromatic carbocycles. The molecule has 0 atom stereocenters. The molecule has 0 aliphatic carbocycles. The highest BCUT2D eigenvalue weighted by Crippen LogP contribution is 2.21. The summed E-state index contributed by atoms with van der Waals surface area (Å²) < 4.78 is 0. The van der Waals surface area contributed by atoms with Crippen molar-refractivity contribution in [3.05, 3.63) is 64.2 Å². The zero-order valence-electron chi connectivity index (χ0n) is 14.5. The number of amides is 1. The first kappa shape index (κ1) is 17.1. The van der Waals surface area contributed by atoms with Gasteiger partial charge in [-0.05, 0) is 44.4 Å². The lowest BCUT2D eigenvalue weighted by Crippen LogP contribution is -2.25. The van der Waals surface area contributed by atoms with Gasteiger partial charge in [0.1, 0.15) is 0 Å². The van der Waals surface area contributed by atoms with E-state index in [1.165, 1.54) is 22.3 Å². The van der Waals surface area contributed by atoms with Crippen LogP contribution in [0.2, 0.25) is 0 Å². The van der Waals surface area contributed by atoms with Gasteiger partial charge < -0.3 is 10.6 Å². The van der Waals surface area contributed by atoms with E-state index in [1.54, 1.807) is 0 Å². The smallest absolute Gasteiger partial charge is 0.222 e. The molecule has 0 aliphatic heterocycles. The standard InChI is InChI=1S/C20H26N2O/c1-14-6-5-7-18(12-14)13-22-19(23)8-9-21-20-16(3)10-15(2)11-17(20)4/h5-7,10-12,21H,8-9,13H2,1-4H3,(H,22,23). The Morgan fingerprint density at radius 3 is 2.30 bits per heavy atom. The summed E-state index contributed by atoms with van der Waals surface area (Å²) in [6, 6.07) is 12.5. The third-order valence-corrected chi connectivity index (χ3v) is 3.90. The number of carbonyl (C=O) groups is 1. The number of benzene rings is 2. The summed E-state index contributed by atoms with van der Waals surface area (Å²) in [5, 5.41) is 6.36. The van der Waals surface area contributed by atoms with Gasteiger partial charge in [-0.15, -0.1) is 0 Å². The fraction of sp³-hybridized carbons (Fsp3) is 0.350. The maximum atomic E-state index is 12.0. The molecule has 0 aliphatic rings. The zero-order valence-corrected chi connectivity index (χ0v) is 14.5. The van der Waals surface area contributed by atoms with E-state index in [1.807, 2.05) is 12.1 Å². The second-order valence-electron chi connectivity index (χ2n) is 6.22. The van der Waals surface area contributed by atoms with Crippen LogP contribution in [0.4, 0.5) is 5.69 Å². The molecule has 0 saturated carbocycles. The van der Waals surface area contributed by atoms with Gasteiger partial charge in [-0.3, -0.25) is 4.79 Å². The van der Waals surface area contributed by atoms with Crippen LogP contribution in [0, 0.1) is 27.7 Å². The van der Waals surface area contributed by atoms with Gasteiger partial charge in [-0.2, -0.15) is 0 Å². The van der Waals surface area contributed by atoms with Crippen LogP contribution in [0.3, 0.4) is 0 Å². The van der Waals surface area contributed by atoms with E-state index in [2.05, 4.69) is 62.6 Å². The molecule has 122 valence electrons. The first-order valence-corrected chi connectivity index (χ1v) is 8.09. The second-order valence-corrected chi connectivity index (χ2v) is 6.22. The number of rotatable bonds is 6. The van der Waals surface area contributed by atoms with Crippen LogP contribution < -0.4 is 10.6 Å². The number of carbonyl (C=O) groups excluding carboxylic acids is 1. The van der Waals surface area contributed by atoms with Crippen molar-refractivity contribution in [3.63, 3.8) is 0 Å². The topological polar surface area (TPSA) is 41.1 Å². The number of aryl methyl sites for hydroxylation is 4.